The highest BCUT2D eigenvalue weighted by atomic mass is 127. The molecule has 32 heavy (non-hydrogen) atoms. The maximum atomic E-state index is 13.6. The zero-order valence-corrected chi connectivity index (χ0v) is 21.6. The summed E-state index contributed by atoms with van der Waals surface area (Å²) in [6, 6.07) is 9.55. The summed E-state index contributed by atoms with van der Waals surface area (Å²) in [6.07, 6.45) is 2.73. The first-order chi connectivity index (χ1) is 15.1. The van der Waals surface area contributed by atoms with E-state index >= 15 is 0 Å². The van der Waals surface area contributed by atoms with E-state index in [1.807, 2.05) is 17.5 Å². The van der Waals surface area contributed by atoms with E-state index in [1.54, 1.807) is 19.2 Å². The van der Waals surface area contributed by atoms with E-state index in [4.69, 9.17) is 4.74 Å². The summed E-state index contributed by atoms with van der Waals surface area (Å²) in [5.74, 6) is 0.564. The van der Waals surface area contributed by atoms with E-state index < -0.39 is 0 Å². The molecule has 0 bridgehead atoms. The number of benzene rings is 1. The van der Waals surface area contributed by atoms with Gasteiger partial charge in [0.05, 0.1) is 19.3 Å². The first kappa shape index (κ1) is 24.9. The van der Waals surface area contributed by atoms with Gasteiger partial charge in [0, 0.05) is 60.1 Å². The highest BCUT2D eigenvalue weighted by Crippen LogP contribution is 2.28. The fourth-order valence-electron chi connectivity index (χ4n) is 4.02. The fourth-order valence-corrected chi connectivity index (χ4v) is 5.03. The number of halogens is 2. The SMILES string of the molecule is CN=C(NCCc1c[nH]c2ccc(F)cc12)NCC(c1ccc(C)s1)N1CCOCC1.I. The zero-order valence-electron chi connectivity index (χ0n) is 18.5. The quantitative estimate of drug-likeness (QED) is 0.227. The summed E-state index contributed by atoms with van der Waals surface area (Å²) in [6.45, 7) is 7.06. The van der Waals surface area contributed by atoms with E-state index in [2.05, 4.69) is 44.6 Å². The number of fused-ring (bicyclic) bond motifs is 1. The number of hydrogen-bond acceptors (Lipinski definition) is 4. The average Bonchev–Trinajstić information content (AvgIpc) is 3.39. The smallest absolute Gasteiger partial charge is 0.191 e. The van der Waals surface area contributed by atoms with Crippen molar-refractivity contribution in [3.63, 3.8) is 0 Å². The number of rotatable bonds is 7. The third-order valence-corrected chi connectivity index (χ3v) is 6.78. The predicted octanol–water partition coefficient (Wildman–Crippen LogP) is 4.08. The van der Waals surface area contributed by atoms with Gasteiger partial charge in [-0.25, -0.2) is 4.39 Å². The Kier molecular flexibility index (Phi) is 9.33. The molecule has 0 amide bonds. The molecule has 1 fully saturated rings. The monoisotopic (exact) mass is 571 g/mol. The Balaban J connectivity index is 0.00000289. The van der Waals surface area contributed by atoms with Gasteiger partial charge in [0.25, 0.3) is 0 Å². The zero-order chi connectivity index (χ0) is 21.6. The van der Waals surface area contributed by atoms with Crippen molar-refractivity contribution < 1.29 is 9.13 Å². The van der Waals surface area contributed by atoms with Crippen LogP contribution in [0.4, 0.5) is 4.39 Å². The van der Waals surface area contributed by atoms with E-state index in [1.165, 1.54) is 15.8 Å². The largest absolute Gasteiger partial charge is 0.379 e. The minimum Gasteiger partial charge on any atom is -0.379 e. The van der Waals surface area contributed by atoms with Crippen LogP contribution in [0.3, 0.4) is 0 Å². The summed E-state index contributed by atoms with van der Waals surface area (Å²) in [4.78, 5) is 12.8. The molecule has 3 N–H and O–H groups in total. The first-order valence-electron chi connectivity index (χ1n) is 10.7. The topological polar surface area (TPSA) is 64.7 Å². The molecule has 1 atom stereocenters. The molecule has 0 spiro atoms. The predicted molar refractivity (Wildman–Crippen MR) is 141 cm³/mol. The van der Waals surface area contributed by atoms with Gasteiger partial charge in [-0.1, -0.05) is 0 Å². The van der Waals surface area contributed by atoms with E-state index in [9.17, 15) is 4.39 Å². The second kappa shape index (κ2) is 12.0. The van der Waals surface area contributed by atoms with Crippen LogP contribution in [-0.4, -0.2) is 62.3 Å². The molecule has 174 valence electrons. The fraction of sp³-hybridized carbons (Fsp3) is 0.435. The van der Waals surface area contributed by atoms with E-state index in [0.717, 1.165) is 61.7 Å². The van der Waals surface area contributed by atoms with Crippen molar-refractivity contribution in [1.29, 1.82) is 0 Å². The summed E-state index contributed by atoms with van der Waals surface area (Å²) in [5, 5.41) is 7.82. The van der Waals surface area contributed by atoms with Gasteiger partial charge in [-0.2, -0.15) is 0 Å². The second-order valence-electron chi connectivity index (χ2n) is 7.75. The summed E-state index contributed by atoms with van der Waals surface area (Å²) < 4.78 is 19.1. The number of aliphatic imine (C=N–C) groups is 1. The molecule has 2 aromatic heterocycles. The number of hydrogen-bond donors (Lipinski definition) is 3. The minimum absolute atomic E-state index is 0. The molecule has 0 aliphatic carbocycles. The molecule has 4 rings (SSSR count). The van der Waals surface area contributed by atoms with Crippen LogP contribution in [0.5, 0.6) is 0 Å². The van der Waals surface area contributed by atoms with Crippen LogP contribution in [0.25, 0.3) is 10.9 Å². The van der Waals surface area contributed by atoms with Crippen molar-refractivity contribution in [1.82, 2.24) is 20.5 Å². The number of aromatic amines is 1. The van der Waals surface area contributed by atoms with Crippen LogP contribution in [-0.2, 0) is 11.2 Å². The Morgan fingerprint density at radius 2 is 2.06 bits per heavy atom. The Labute approximate surface area is 209 Å². The number of nitrogens with one attached hydrogen (secondary N) is 3. The molecule has 1 aromatic carbocycles. The molecule has 1 unspecified atom stereocenters. The molecule has 9 heteroatoms. The standard InChI is InChI=1S/C23H30FN5OS.HI/c1-16-3-6-22(31-16)21(29-9-11-30-12-10-29)15-28-23(25-2)26-8-7-17-14-27-20-5-4-18(24)13-19(17)20;/h3-6,13-14,21,27H,7-12,15H2,1-2H3,(H2,25,26,28);1H. The molecular formula is C23H31FIN5OS. The van der Waals surface area contributed by atoms with E-state index in [-0.39, 0.29) is 35.8 Å². The lowest BCUT2D eigenvalue weighted by Gasteiger charge is -2.34. The van der Waals surface area contributed by atoms with Gasteiger partial charge < -0.3 is 20.4 Å². The third kappa shape index (κ3) is 6.21. The Hall–Kier alpha value is -1.69. The maximum Gasteiger partial charge on any atom is 0.191 e. The minimum atomic E-state index is -0.211. The molecule has 0 radical (unpaired) electrons. The Morgan fingerprint density at radius 3 is 2.78 bits per heavy atom. The molecule has 0 saturated carbocycles. The van der Waals surface area contributed by atoms with Gasteiger partial charge in [0.2, 0.25) is 0 Å². The van der Waals surface area contributed by atoms with Gasteiger partial charge in [-0.15, -0.1) is 35.3 Å². The van der Waals surface area contributed by atoms with Crippen molar-refractivity contribution >= 4 is 52.2 Å². The number of thiophene rings is 1. The van der Waals surface area contributed by atoms with Gasteiger partial charge in [-0.3, -0.25) is 9.89 Å². The lowest BCUT2D eigenvalue weighted by Crippen LogP contribution is -2.46. The van der Waals surface area contributed by atoms with Gasteiger partial charge in [0.15, 0.2) is 5.96 Å². The number of nitrogens with zero attached hydrogens (tertiary/aromatic N) is 2. The van der Waals surface area contributed by atoms with Crippen molar-refractivity contribution in [3.8, 4) is 0 Å². The van der Waals surface area contributed by atoms with Crippen LogP contribution >= 0.6 is 35.3 Å². The lowest BCUT2D eigenvalue weighted by atomic mass is 10.1. The highest BCUT2D eigenvalue weighted by Gasteiger charge is 2.24. The highest BCUT2D eigenvalue weighted by molar-refractivity contribution is 14.0. The molecule has 3 aromatic rings. The Bertz CT molecular complexity index is 1030. The van der Waals surface area contributed by atoms with Gasteiger partial charge in [0.1, 0.15) is 5.82 Å². The molecule has 1 aliphatic rings. The van der Waals surface area contributed by atoms with Crippen LogP contribution in [0, 0.1) is 12.7 Å². The summed E-state index contributed by atoms with van der Waals surface area (Å²) >= 11 is 1.85. The van der Waals surface area contributed by atoms with Gasteiger partial charge >= 0.3 is 0 Å². The first-order valence-corrected chi connectivity index (χ1v) is 11.5. The maximum absolute atomic E-state index is 13.6. The molecule has 1 aliphatic heterocycles. The molecule has 3 heterocycles. The van der Waals surface area contributed by atoms with Crippen LogP contribution in [0.15, 0.2) is 41.5 Å². The Morgan fingerprint density at radius 1 is 1.25 bits per heavy atom. The average molecular weight is 572 g/mol. The number of guanidine groups is 1. The van der Waals surface area contributed by atoms with Crippen LogP contribution in [0.1, 0.15) is 21.4 Å². The molecule has 6 nitrogen and oxygen atoms in total. The summed E-state index contributed by atoms with van der Waals surface area (Å²) in [7, 11) is 1.79. The number of ether oxygens (including phenoxy) is 1. The number of aromatic nitrogens is 1. The second-order valence-corrected chi connectivity index (χ2v) is 9.07. The number of morpholine rings is 1. The third-order valence-electron chi connectivity index (χ3n) is 5.68. The van der Waals surface area contributed by atoms with Crippen molar-refractivity contribution in [2.24, 2.45) is 4.99 Å². The molecular weight excluding hydrogens is 540 g/mol. The van der Waals surface area contributed by atoms with Crippen molar-refractivity contribution in [2.75, 3.05) is 46.4 Å². The number of aryl methyl sites for hydroxylation is 1. The summed E-state index contributed by atoms with van der Waals surface area (Å²) in [5.41, 5.74) is 2.05. The molecule has 1 saturated heterocycles. The normalized spacial score (nSPS) is 16.0. The lowest BCUT2D eigenvalue weighted by molar-refractivity contribution is 0.0177. The van der Waals surface area contributed by atoms with Gasteiger partial charge in [-0.05, 0) is 49.2 Å². The van der Waals surface area contributed by atoms with Crippen LogP contribution < -0.4 is 10.6 Å². The van der Waals surface area contributed by atoms with Crippen molar-refractivity contribution in [3.05, 3.63) is 57.7 Å². The van der Waals surface area contributed by atoms with Crippen LogP contribution in [0.2, 0.25) is 0 Å². The number of H-pyrrole nitrogens is 1. The van der Waals surface area contributed by atoms with Crippen molar-refractivity contribution in [2.45, 2.75) is 19.4 Å². The van der Waals surface area contributed by atoms with E-state index in [0.29, 0.717) is 6.54 Å².